The Balaban J connectivity index is 0.000000208. The van der Waals surface area contributed by atoms with E-state index in [0.29, 0.717) is 24.3 Å². The minimum Gasteiger partial charge on any atom is -0.744 e. The lowest BCUT2D eigenvalue weighted by Gasteiger charge is -2.09. The number of methoxy groups -OCH3 is 1. The Bertz CT molecular complexity index is 1000. The van der Waals surface area contributed by atoms with Crippen LogP contribution in [0.4, 0.5) is 13.2 Å². The molecule has 0 fully saturated rings. The number of hydrogen-bond acceptors (Lipinski definition) is 4. The van der Waals surface area contributed by atoms with Crippen LogP contribution in [0.5, 0.6) is 5.75 Å². The molecule has 0 bridgehead atoms. The summed E-state index contributed by atoms with van der Waals surface area (Å²) in [5.74, 6) is 0.927. The number of hydrogen-bond donors (Lipinski definition) is 0. The van der Waals surface area contributed by atoms with E-state index in [1.807, 2.05) is 12.1 Å². The molecule has 0 atom stereocenters. The second-order valence-corrected chi connectivity index (χ2v) is 9.93. The third-order valence-corrected chi connectivity index (χ3v) is 7.00. The van der Waals surface area contributed by atoms with E-state index in [0.717, 1.165) is 5.75 Å². The molecule has 0 radical (unpaired) electrons. The van der Waals surface area contributed by atoms with E-state index in [9.17, 15) is 26.1 Å². The van der Waals surface area contributed by atoms with E-state index in [4.69, 9.17) is 4.74 Å². The van der Waals surface area contributed by atoms with Gasteiger partial charge in [0.05, 0.1) is 17.6 Å². The summed E-state index contributed by atoms with van der Waals surface area (Å²) in [5.41, 5.74) is -0.995. The zero-order valence-corrected chi connectivity index (χ0v) is 18.0. The van der Waals surface area contributed by atoms with Crippen LogP contribution in [-0.2, 0) is 16.3 Å². The van der Waals surface area contributed by atoms with Gasteiger partial charge in [0, 0.05) is 0 Å². The number of halogens is 4. The van der Waals surface area contributed by atoms with Crippen LogP contribution >= 0.6 is 0 Å². The van der Waals surface area contributed by atoms with E-state index in [1.54, 1.807) is 7.11 Å². The highest BCUT2D eigenvalue weighted by molar-refractivity contribution is 7.85. The molecule has 0 spiro atoms. The number of rotatable bonds is 4. The Hall–Kier alpha value is -2.11. The highest BCUT2D eigenvalue weighted by Crippen LogP contribution is 2.29. The second-order valence-electron chi connectivity index (χ2n) is 5.52. The van der Waals surface area contributed by atoms with Gasteiger partial charge in [-0.2, -0.15) is 13.2 Å². The fourth-order valence-electron chi connectivity index (χ4n) is 2.05. The lowest BCUT2D eigenvalue weighted by atomic mass is 10.2. The van der Waals surface area contributed by atoms with E-state index < -0.39 is 26.8 Å². The number of alkyl halides is 3. The molecule has 154 valence electrons. The first kappa shape index (κ1) is 23.2. The van der Waals surface area contributed by atoms with Crippen molar-refractivity contribution in [1.82, 2.24) is 0 Å². The monoisotopic (exact) mass is 536 g/mol. The van der Waals surface area contributed by atoms with Crippen LogP contribution < -0.4 is 25.9 Å². The van der Waals surface area contributed by atoms with Crippen molar-refractivity contribution in [3.63, 3.8) is 0 Å². The molecule has 0 heterocycles. The maximum atomic E-state index is 12.0. The van der Waals surface area contributed by atoms with Crippen LogP contribution in [0.1, 0.15) is 5.56 Å². The van der Waals surface area contributed by atoms with Gasteiger partial charge in [0.1, 0.15) is 15.9 Å². The minimum absolute atomic E-state index is 0.0449. The number of benzene rings is 3. The predicted molar refractivity (Wildman–Crippen MR) is 96.2 cm³/mol. The fraction of sp³-hybridized carbons (Fsp3) is 0.100. The van der Waals surface area contributed by atoms with E-state index >= 15 is 0 Å². The molecular weight excluding hydrogens is 520 g/mol. The van der Waals surface area contributed by atoms with Crippen LogP contribution in [0.25, 0.3) is 0 Å². The molecule has 0 N–H and O–H groups in total. The summed E-state index contributed by atoms with van der Waals surface area (Å²) in [5, 5.41) is 0. The van der Waals surface area contributed by atoms with Crippen LogP contribution in [0.15, 0.2) is 83.8 Å². The highest BCUT2D eigenvalue weighted by Gasteiger charge is 2.30. The van der Waals surface area contributed by atoms with Crippen molar-refractivity contribution in [2.45, 2.75) is 11.1 Å². The van der Waals surface area contributed by atoms with Crippen molar-refractivity contribution in [3.05, 3.63) is 91.6 Å². The largest absolute Gasteiger partial charge is 0.744 e. The highest BCUT2D eigenvalue weighted by atomic mass is 127. The Morgan fingerprint density at radius 1 is 0.828 bits per heavy atom. The zero-order chi connectivity index (χ0) is 21.5. The Kier molecular flexibility index (Phi) is 8.05. The molecule has 0 amide bonds. The molecule has 0 saturated carbocycles. The summed E-state index contributed by atoms with van der Waals surface area (Å²) in [6.45, 7) is 0. The van der Waals surface area contributed by atoms with Gasteiger partial charge in [-0.3, -0.25) is 0 Å². The molecule has 0 aliphatic heterocycles. The van der Waals surface area contributed by atoms with Crippen molar-refractivity contribution >= 4 is 10.1 Å². The maximum Gasteiger partial charge on any atom is 0.416 e. The molecule has 0 unspecified atom stereocenters. The maximum absolute atomic E-state index is 12.0. The van der Waals surface area contributed by atoms with Gasteiger partial charge in [-0.25, -0.2) is 8.42 Å². The standard InChI is InChI=1S/C13H12IO.C7H5F3O3S/c1-15-13-9-7-12(8-10-13)14-11-5-3-2-4-6-11;8-7(9,10)5-1-3-6(4-2-5)14(11,12)13/h2-10H,1H3;1-4H,(H,11,12,13)/q+1;/p-1. The predicted octanol–water partition coefficient (Wildman–Crippen LogP) is 1.43. The molecule has 0 saturated heterocycles. The topological polar surface area (TPSA) is 66.4 Å². The van der Waals surface area contributed by atoms with E-state index in [-0.39, 0.29) is 21.2 Å². The van der Waals surface area contributed by atoms with Crippen LogP contribution in [-0.4, -0.2) is 20.1 Å². The van der Waals surface area contributed by atoms with Crippen molar-refractivity contribution in [2.24, 2.45) is 0 Å². The van der Waals surface area contributed by atoms with Crippen molar-refractivity contribution in [2.75, 3.05) is 7.11 Å². The molecule has 9 heteroatoms. The second kappa shape index (κ2) is 10.1. The summed E-state index contributed by atoms with van der Waals surface area (Å²) in [6.07, 6.45) is -4.54. The molecule has 0 aromatic heterocycles. The smallest absolute Gasteiger partial charge is 0.416 e. The average Bonchev–Trinajstić information content (AvgIpc) is 2.69. The van der Waals surface area contributed by atoms with Gasteiger partial charge in [0.2, 0.25) is 0 Å². The summed E-state index contributed by atoms with van der Waals surface area (Å²) in [6, 6.07) is 21.3. The van der Waals surface area contributed by atoms with Crippen LogP contribution in [0.3, 0.4) is 0 Å². The first-order valence-electron chi connectivity index (χ1n) is 8.06. The van der Waals surface area contributed by atoms with Gasteiger partial charge in [0.15, 0.2) is 7.14 Å². The Morgan fingerprint density at radius 3 is 1.79 bits per heavy atom. The summed E-state index contributed by atoms with van der Waals surface area (Å²) < 4.78 is 75.0. The Labute approximate surface area is 177 Å². The molecule has 0 aliphatic carbocycles. The SMILES string of the molecule is COc1ccc([I+]c2ccccc2)cc1.O=S(=O)([O-])c1ccc(C(F)(F)F)cc1. The van der Waals surface area contributed by atoms with Gasteiger partial charge in [-0.1, -0.05) is 18.2 Å². The molecule has 3 aromatic rings. The molecule has 29 heavy (non-hydrogen) atoms. The third-order valence-electron chi connectivity index (χ3n) is 3.47. The summed E-state index contributed by atoms with van der Waals surface area (Å²) in [7, 11) is -2.99. The first-order valence-corrected chi connectivity index (χ1v) is 11.6. The molecule has 4 nitrogen and oxygen atoms in total. The number of ether oxygens (including phenoxy) is 1. The minimum atomic E-state index is -4.68. The normalized spacial score (nSPS) is 11.3. The van der Waals surface area contributed by atoms with E-state index in [2.05, 4.69) is 42.5 Å². The van der Waals surface area contributed by atoms with Crippen LogP contribution in [0.2, 0.25) is 0 Å². The Morgan fingerprint density at radius 2 is 1.34 bits per heavy atom. The molecule has 3 aromatic carbocycles. The van der Waals surface area contributed by atoms with Gasteiger partial charge in [-0.05, 0) is 60.7 Å². The fourth-order valence-corrected chi connectivity index (χ4v) is 4.73. The van der Waals surface area contributed by atoms with Gasteiger partial charge >= 0.3 is 27.4 Å². The molecule has 0 aliphatic rings. The average molecular weight is 536 g/mol. The van der Waals surface area contributed by atoms with Crippen molar-refractivity contribution in [3.8, 4) is 5.75 Å². The lowest BCUT2D eigenvalue weighted by molar-refractivity contribution is -0.597. The zero-order valence-electron chi connectivity index (χ0n) is 15.1. The molecule has 3 rings (SSSR count). The third kappa shape index (κ3) is 7.67. The van der Waals surface area contributed by atoms with E-state index in [1.165, 1.54) is 7.14 Å². The van der Waals surface area contributed by atoms with Gasteiger partial charge in [-0.15, -0.1) is 0 Å². The van der Waals surface area contributed by atoms with Crippen LogP contribution in [0, 0.1) is 7.14 Å². The summed E-state index contributed by atoms with van der Waals surface area (Å²) >= 11 is -0.0449. The van der Waals surface area contributed by atoms with Crippen molar-refractivity contribution in [1.29, 1.82) is 0 Å². The first-order chi connectivity index (χ1) is 13.6. The quantitative estimate of drug-likeness (QED) is 0.374. The molecular formula is C20H16F3IO4S. The lowest BCUT2D eigenvalue weighted by Crippen LogP contribution is -3.61. The van der Waals surface area contributed by atoms with Gasteiger partial charge < -0.3 is 9.29 Å². The van der Waals surface area contributed by atoms with Crippen molar-refractivity contribution < 1.29 is 52.1 Å². The summed E-state index contributed by atoms with van der Waals surface area (Å²) in [4.78, 5) is -0.675. The van der Waals surface area contributed by atoms with Gasteiger partial charge in [0.25, 0.3) is 0 Å².